The Kier molecular flexibility index (Phi) is 6.08. The fourth-order valence-electron chi connectivity index (χ4n) is 3.64. The molecule has 0 aliphatic carbocycles. The van der Waals surface area contributed by atoms with E-state index in [0.717, 1.165) is 27.5 Å². The zero-order valence-corrected chi connectivity index (χ0v) is 17.3. The van der Waals surface area contributed by atoms with Crippen molar-refractivity contribution in [3.63, 3.8) is 0 Å². The fourth-order valence-corrected chi connectivity index (χ4v) is 3.64. The van der Waals surface area contributed by atoms with Gasteiger partial charge in [-0.1, -0.05) is 78.9 Å². The van der Waals surface area contributed by atoms with E-state index >= 15 is 0 Å². The number of hydrogen-bond donors (Lipinski definition) is 1. The normalized spacial score (nSPS) is 10.6. The lowest BCUT2D eigenvalue weighted by molar-refractivity contribution is -0.150. The Balaban J connectivity index is 1.71. The molecule has 0 aliphatic heterocycles. The summed E-state index contributed by atoms with van der Waals surface area (Å²) in [4.78, 5) is 37.3. The van der Waals surface area contributed by atoms with Crippen LogP contribution in [0.5, 0.6) is 0 Å². The molecule has 1 amide bonds. The van der Waals surface area contributed by atoms with E-state index in [1.807, 2.05) is 91.0 Å². The highest BCUT2D eigenvalue weighted by Gasteiger charge is 2.23. The van der Waals surface area contributed by atoms with E-state index in [9.17, 15) is 14.4 Å². The second kappa shape index (κ2) is 9.27. The molecule has 0 saturated heterocycles. The number of carboxylic acids is 1. The molecule has 0 radical (unpaired) electrons. The van der Waals surface area contributed by atoms with Crippen LogP contribution in [0.3, 0.4) is 0 Å². The SMILES string of the molecule is O=C(O)C(=O)CC(=O)N(Cc1ccc2ccccc2c1)c1cccc(-c2ccccc2)c1. The van der Waals surface area contributed by atoms with Gasteiger partial charge in [0, 0.05) is 5.69 Å². The molecular formula is C27H21NO4. The van der Waals surface area contributed by atoms with Crippen LogP contribution in [0.15, 0.2) is 97.1 Å². The fraction of sp³-hybridized carbons (Fsp3) is 0.0741. The first-order valence-electron chi connectivity index (χ1n) is 10.2. The van der Waals surface area contributed by atoms with Crippen molar-refractivity contribution in [3.05, 3.63) is 103 Å². The predicted octanol–water partition coefficient (Wildman–Crippen LogP) is 5.08. The van der Waals surface area contributed by atoms with Gasteiger partial charge in [0.25, 0.3) is 0 Å². The number of fused-ring (bicyclic) bond motifs is 1. The van der Waals surface area contributed by atoms with E-state index in [4.69, 9.17) is 5.11 Å². The van der Waals surface area contributed by atoms with E-state index in [0.29, 0.717) is 5.69 Å². The molecule has 32 heavy (non-hydrogen) atoms. The van der Waals surface area contributed by atoms with Crippen LogP contribution in [0.4, 0.5) is 5.69 Å². The molecule has 0 fully saturated rings. The van der Waals surface area contributed by atoms with Crippen LogP contribution >= 0.6 is 0 Å². The molecule has 5 heteroatoms. The number of carboxylic acid groups (broad SMARTS) is 1. The second-order valence-electron chi connectivity index (χ2n) is 7.48. The molecule has 0 saturated carbocycles. The summed E-state index contributed by atoms with van der Waals surface area (Å²) in [6.07, 6.45) is -0.696. The van der Waals surface area contributed by atoms with E-state index in [-0.39, 0.29) is 6.54 Å². The van der Waals surface area contributed by atoms with Crippen molar-refractivity contribution in [2.24, 2.45) is 0 Å². The first-order chi connectivity index (χ1) is 15.5. The molecule has 158 valence electrons. The zero-order valence-electron chi connectivity index (χ0n) is 17.3. The average molecular weight is 423 g/mol. The lowest BCUT2D eigenvalue weighted by atomic mass is 10.0. The van der Waals surface area contributed by atoms with Crippen LogP contribution in [-0.2, 0) is 20.9 Å². The van der Waals surface area contributed by atoms with Crippen molar-refractivity contribution in [1.82, 2.24) is 0 Å². The molecule has 5 nitrogen and oxygen atoms in total. The third-order valence-electron chi connectivity index (χ3n) is 5.27. The van der Waals surface area contributed by atoms with Crippen molar-refractivity contribution < 1.29 is 19.5 Å². The van der Waals surface area contributed by atoms with Gasteiger partial charge in [-0.25, -0.2) is 4.79 Å². The lowest BCUT2D eigenvalue weighted by Gasteiger charge is -2.23. The Morgan fingerprint density at radius 1 is 0.688 bits per heavy atom. The van der Waals surface area contributed by atoms with Crippen LogP contribution < -0.4 is 4.90 Å². The maximum Gasteiger partial charge on any atom is 0.372 e. The van der Waals surface area contributed by atoms with Gasteiger partial charge < -0.3 is 10.0 Å². The molecule has 0 atom stereocenters. The molecule has 0 unspecified atom stereocenters. The number of ketones is 1. The minimum absolute atomic E-state index is 0.217. The molecule has 0 aliphatic rings. The van der Waals surface area contributed by atoms with Gasteiger partial charge in [-0.3, -0.25) is 9.59 Å². The zero-order chi connectivity index (χ0) is 22.5. The van der Waals surface area contributed by atoms with Gasteiger partial charge in [-0.05, 0) is 45.7 Å². The van der Waals surface area contributed by atoms with Gasteiger partial charge in [-0.15, -0.1) is 0 Å². The summed E-state index contributed by atoms with van der Waals surface area (Å²) in [5.41, 5.74) is 3.39. The highest BCUT2D eigenvalue weighted by Crippen LogP contribution is 2.27. The number of benzene rings is 4. The first kappa shape index (κ1) is 21.0. The van der Waals surface area contributed by atoms with Gasteiger partial charge >= 0.3 is 5.97 Å². The Morgan fingerprint density at radius 3 is 2.12 bits per heavy atom. The molecule has 0 bridgehead atoms. The monoisotopic (exact) mass is 423 g/mol. The minimum Gasteiger partial charge on any atom is -0.475 e. The summed E-state index contributed by atoms with van der Waals surface area (Å²) >= 11 is 0. The number of anilines is 1. The molecule has 0 heterocycles. The molecule has 4 rings (SSSR count). The molecule has 0 aromatic heterocycles. The molecule has 4 aromatic carbocycles. The van der Waals surface area contributed by atoms with Gasteiger partial charge in [0.1, 0.15) is 0 Å². The van der Waals surface area contributed by atoms with Gasteiger partial charge in [0.05, 0.1) is 13.0 Å². The van der Waals surface area contributed by atoms with Gasteiger partial charge in [0.15, 0.2) is 0 Å². The number of nitrogens with zero attached hydrogens (tertiary/aromatic N) is 1. The van der Waals surface area contributed by atoms with E-state index in [2.05, 4.69) is 0 Å². The van der Waals surface area contributed by atoms with E-state index in [1.165, 1.54) is 4.90 Å². The number of Topliss-reactive ketones (excluding diaryl/α,β-unsaturated/α-hetero) is 1. The second-order valence-corrected chi connectivity index (χ2v) is 7.48. The third-order valence-corrected chi connectivity index (χ3v) is 5.27. The Labute approximate surface area is 185 Å². The first-order valence-corrected chi connectivity index (χ1v) is 10.2. The van der Waals surface area contributed by atoms with Crippen molar-refractivity contribution in [2.75, 3.05) is 4.90 Å². The summed E-state index contributed by atoms with van der Waals surface area (Å²) in [6, 6.07) is 31.0. The minimum atomic E-state index is -1.61. The lowest BCUT2D eigenvalue weighted by Crippen LogP contribution is -2.33. The molecule has 4 aromatic rings. The smallest absolute Gasteiger partial charge is 0.372 e. The highest BCUT2D eigenvalue weighted by molar-refractivity contribution is 6.36. The summed E-state index contributed by atoms with van der Waals surface area (Å²) in [6.45, 7) is 0.217. The van der Waals surface area contributed by atoms with Gasteiger partial charge in [-0.2, -0.15) is 0 Å². The predicted molar refractivity (Wildman–Crippen MR) is 124 cm³/mol. The summed E-state index contributed by atoms with van der Waals surface area (Å²) in [5.74, 6) is -3.30. The van der Waals surface area contributed by atoms with Crippen LogP contribution in [-0.4, -0.2) is 22.8 Å². The summed E-state index contributed by atoms with van der Waals surface area (Å²) in [7, 11) is 0. The summed E-state index contributed by atoms with van der Waals surface area (Å²) in [5, 5.41) is 11.1. The number of carbonyl (C=O) groups is 3. The average Bonchev–Trinajstić information content (AvgIpc) is 2.83. The van der Waals surface area contributed by atoms with Crippen LogP contribution in [0.2, 0.25) is 0 Å². The number of aliphatic carboxylic acids is 1. The van der Waals surface area contributed by atoms with Crippen LogP contribution in [0.1, 0.15) is 12.0 Å². The number of hydrogen-bond acceptors (Lipinski definition) is 3. The molecule has 1 N–H and O–H groups in total. The number of rotatable bonds is 7. The largest absolute Gasteiger partial charge is 0.475 e. The molecule has 0 spiro atoms. The third kappa shape index (κ3) is 4.73. The van der Waals surface area contributed by atoms with Gasteiger partial charge in [0.2, 0.25) is 11.7 Å². The van der Waals surface area contributed by atoms with E-state index in [1.54, 1.807) is 6.07 Å². The Bertz CT molecular complexity index is 1300. The topological polar surface area (TPSA) is 74.7 Å². The van der Waals surface area contributed by atoms with E-state index < -0.39 is 24.1 Å². The number of carbonyl (C=O) groups excluding carboxylic acids is 2. The van der Waals surface area contributed by atoms with Crippen molar-refractivity contribution in [2.45, 2.75) is 13.0 Å². The highest BCUT2D eigenvalue weighted by atomic mass is 16.4. The maximum absolute atomic E-state index is 13.0. The Morgan fingerprint density at radius 2 is 1.38 bits per heavy atom. The number of amides is 1. The van der Waals surface area contributed by atoms with Crippen LogP contribution in [0, 0.1) is 0 Å². The van der Waals surface area contributed by atoms with Crippen molar-refractivity contribution >= 4 is 34.1 Å². The maximum atomic E-state index is 13.0. The Hall–Kier alpha value is -4.25. The quantitative estimate of drug-likeness (QED) is 0.332. The van der Waals surface area contributed by atoms with Crippen molar-refractivity contribution in [1.29, 1.82) is 0 Å². The standard InChI is InChI=1S/C27H21NO4/c29-25(27(31)32)17-26(30)28(18-19-13-14-21-9-4-5-10-22(21)15-19)24-12-6-11-23(16-24)20-7-2-1-3-8-20/h1-16H,17-18H2,(H,31,32). The summed E-state index contributed by atoms with van der Waals surface area (Å²) < 4.78 is 0. The van der Waals surface area contributed by atoms with Crippen molar-refractivity contribution in [3.8, 4) is 11.1 Å². The van der Waals surface area contributed by atoms with Crippen LogP contribution in [0.25, 0.3) is 21.9 Å². The molecular weight excluding hydrogens is 402 g/mol.